The first-order chi connectivity index (χ1) is 15.4. The number of nitrogens with two attached hydrogens (primary N) is 1. The molecule has 0 saturated carbocycles. The number of hydrogen-bond donors (Lipinski definition) is 4. The monoisotopic (exact) mass is 470 g/mol. The van der Waals surface area contributed by atoms with Gasteiger partial charge in [0.05, 0.1) is 22.5 Å². The maximum Gasteiger partial charge on any atom is 0.361 e. The van der Waals surface area contributed by atoms with Gasteiger partial charge in [-0.2, -0.15) is 0 Å². The number of benzene rings is 1. The Morgan fingerprint density at radius 3 is 2.61 bits per heavy atom. The van der Waals surface area contributed by atoms with Gasteiger partial charge in [-0.25, -0.2) is 4.79 Å². The molecule has 5 N–H and O–H groups in total. The highest BCUT2D eigenvalue weighted by atomic mass is 32.2. The molecular formula is C24H30N4O4S. The molecule has 2 aliphatic carbocycles. The van der Waals surface area contributed by atoms with Gasteiger partial charge >= 0.3 is 6.03 Å². The molecule has 0 aliphatic heterocycles. The van der Waals surface area contributed by atoms with Gasteiger partial charge in [0.25, 0.3) is 5.91 Å². The highest BCUT2D eigenvalue weighted by molar-refractivity contribution is 7.90. The van der Waals surface area contributed by atoms with Crippen molar-refractivity contribution in [3.8, 4) is 0 Å². The molecule has 0 bridgehead atoms. The van der Waals surface area contributed by atoms with Gasteiger partial charge in [-0.1, -0.05) is 19.9 Å². The molecule has 0 spiro atoms. The predicted molar refractivity (Wildman–Crippen MR) is 126 cm³/mol. The highest BCUT2D eigenvalue weighted by Gasteiger charge is 2.37. The zero-order valence-electron chi connectivity index (χ0n) is 19.4. The smallest absolute Gasteiger partial charge is 0.361 e. The van der Waals surface area contributed by atoms with Gasteiger partial charge in [0.2, 0.25) is 0 Å². The lowest BCUT2D eigenvalue weighted by Gasteiger charge is -2.22. The van der Waals surface area contributed by atoms with E-state index in [1.54, 1.807) is 19.9 Å². The third kappa shape index (κ3) is 4.45. The van der Waals surface area contributed by atoms with Gasteiger partial charge in [0, 0.05) is 17.2 Å². The largest absolute Gasteiger partial charge is 0.588 e. The number of urea groups is 1. The number of primary amides is 1. The number of aromatic nitrogens is 1. The van der Waals surface area contributed by atoms with Crippen LogP contribution in [0, 0.1) is 0 Å². The third-order valence-electron chi connectivity index (χ3n) is 6.54. The Morgan fingerprint density at radius 2 is 1.94 bits per heavy atom. The Kier molecular flexibility index (Phi) is 5.92. The second kappa shape index (κ2) is 8.30. The first-order valence-corrected chi connectivity index (χ1v) is 12.2. The molecule has 1 aromatic heterocycles. The molecule has 33 heavy (non-hydrogen) atoms. The summed E-state index contributed by atoms with van der Waals surface area (Å²) in [6.07, 6.45) is 4.48. The van der Waals surface area contributed by atoms with E-state index in [0.29, 0.717) is 5.56 Å². The van der Waals surface area contributed by atoms with Crippen LogP contribution in [0.2, 0.25) is 0 Å². The summed E-state index contributed by atoms with van der Waals surface area (Å²) < 4.78 is 15.5. The second-order valence-corrected chi connectivity index (χ2v) is 11.1. The van der Waals surface area contributed by atoms with Crippen LogP contribution in [-0.2, 0) is 41.6 Å². The van der Waals surface area contributed by atoms with Crippen molar-refractivity contribution in [2.24, 2.45) is 5.73 Å². The number of nitrogens with zero attached hydrogens (tertiary/aromatic N) is 1. The number of carbonyl (C=O) groups excluding carboxylic acids is 2. The minimum atomic E-state index is -2.07. The lowest BCUT2D eigenvalue weighted by Crippen LogP contribution is -2.36. The second-order valence-electron chi connectivity index (χ2n) is 9.94. The zero-order valence-corrected chi connectivity index (χ0v) is 20.2. The van der Waals surface area contributed by atoms with Crippen molar-refractivity contribution in [3.63, 3.8) is 0 Å². The molecule has 0 saturated heterocycles. The van der Waals surface area contributed by atoms with E-state index in [1.165, 1.54) is 12.1 Å². The molecular weight excluding hydrogens is 440 g/mol. The van der Waals surface area contributed by atoms with E-state index >= 15 is 0 Å². The average Bonchev–Trinajstić information content (AvgIpc) is 3.31. The molecule has 1 atom stereocenters. The Bertz CT molecular complexity index is 1140. The van der Waals surface area contributed by atoms with E-state index in [9.17, 15) is 19.2 Å². The molecule has 4 rings (SSSR count). The van der Waals surface area contributed by atoms with Crippen molar-refractivity contribution in [1.82, 2.24) is 9.71 Å². The standard InChI is InChI=1S/C24H30N4O4S/c1-23(2)11-10-16-19(14-6-5-7-17(14)26-20(16)23)27-22(30)28-33(32)18-12-13(24(3,4)31)8-9-15(18)21(25)29/h8-9,12,31H,5-7,10-11H2,1-4H3,(H2,25,29)(H2,26,27,28,30)/t33-/m1/s1. The Morgan fingerprint density at radius 1 is 1.21 bits per heavy atom. The first kappa shape index (κ1) is 23.5. The summed E-state index contributed by atoms with van der Waals surface area (Å²) in [5, 5.41) is 13.2. The summed E-state index contributed by atoms with van der Waals surface area (Å²) in [6.45, 7) is 7.47. The summed E-state index contributed by atoms with van der Waals surface area (Å²) in [4.78, 5) is 29.8. The fraction of sp³-hybridized carbons (Fsp3) is 0.458. The van der Waals surface area contributed by atoms with Crippen molar-refractivity contribution in [1.29, 1.82) is 0 Å². The summed E-state index contributed by atoms with van der Waals surface area (Å²) in [5.41, 5.74) is 9.55. The lowest BCUT2D eigenvalue weighted by atomic mass is 9.90. The topological polar surface area (TPSA) is 140 Å². The van der Waals surface area contributed by atoms with Crippen molar-refractivity contribution in [3.05, 3.63) is 51.8 Å². The van der Waals surface area contributed by atoms with Crippen LogP contribution in [0.4, 0.5) is 10.5 Å². The minimum absolute atomic E-state index is 0.0223. The van der Waals surface area contributed by atoms with Gasteiger partial charge in [0.15, 0.2) is 4.90 Å². The lowest BCUT2D eigenvalue weighted by molar-refractivity contribution is 0.0781. The molecule has 9 heteroatoms. The van der Waals surface area contributed by atoms with Crippen LogP contribution < -0.4 is 15.8 Å². The maximum atomic E-state index is 13.1. The Hall–Kier alpha value is -2.62. The Balaban J connectivity index is 1.62. The van der Waals surface area contributed by atoms with Gasteiger partial charge in [0.1, 0.15) is 11.4 Å². The molecule has 8 nitrogen and oxygen atoms in total. The van der Waals surface area contributed by atoms with E-state index < -0.39 is 28.9 Å². The molecule has 1 heterocycles. The van der Waals surface area contributed by atoms with Crippen LogP contribution >= 0.6 is 0 Å². The summed E-state index contributed by atoms with van der Waals surface area (Å²) in [6, 6.07) is 3.75. The number of carbonyl (C=O) groups is 2. The quantitative estimate of drug-likeness (QED) is 0.497. The SMILES string of the molecule is CC(C)(O)c1ccc(C(N)=O)c([S@@+]([O-])NC(=O)Nc2c3c(nc4c2CCC4(C)C)CCC3)c1. The summed E-state index contributed by atoms with van der Waals surface area (Å²) in [7, 11) is 0. The number of aliphatic hydroxyl groups is 1. The van der Waals surface area contributed by atoms with Gasteiger partial charge < -0.3 is 20.7 Å². The van der Waals surface area contributed by atoms with E-state index in [2.05, 4.69) is 23.9 Å². The Labute approximate surface area is 196 Å². The normalized spacial score (nSPS) is 17.3. The molecule has 2 aromatic rings. The van der Waals surface area contributed by atoms with E-state index in [-0.39, 0.29) is 15.9 Å². The van der Waals surface area contributed by atoms with Gasteiger partial charge in [-0.15, -0.1) is 4.72 Å². The third-order valence-corrected chi connectivity index (χ3v) is 7.65. The molecule has 3 amide bonds. The highest BCUT2D eigenvalue weighted by Crippen LogP contribution is 2.44. The van der Waals surface area contributed by atoms with Crippen LogP contribution in [0.3, 0.4) is 0 Å². The number of rotatable bonds is 5. The van der Waals surface area contributed by atoms with E-state index in [0.717, 1.165) is 60.3 Å². The number of anilines is 1. The summed E-state index contributed by atoms with van der Waals surface area (Å²) in [5.74, 6) is -0.769. The van der Waals surface area contributed by atoms with Crippen molar-refractivity contribution < 1.29 is 19.2 Å². The number of nitrogens with one attached hydrogen (secondary N) is 2. The van der Waals surface area contributed by atoms with Crippen molar-refractivity contribution in [2.75, 3.05) is 5.32 Å². The fourth-order valence-electron chi connectivity index (χ4n) is 4.67. The van der Waals surface area contributed by atoms with Crippen LogP contribution in [0.5, 0.6) is 0 Å². The average molecular weight is 471 g/mol. The van der Waals surface area contributed by atoms with Crippen molar-refractivity contribution in [2.45, 2.75) is 75.7 Å². The van der Waals surface area contributed by atoms with E-state index in [1.807, 2.05) is 0 Å². The first-order valence-electron chi connectivity index (χ1n) is 11.1. The molecule has 176 valence electrons. The van der Waals surface area contributed by atoms with Crippen LogP contribution in [0.25, 0.3) is 0 Å². The van der Waals surface area contributed by atoms with Crippen LogP contribution in [-0.4, -0.2) is 26.6 Å². The number of fused-ring (bicyclic) bond motifs is 2. The van der Waals surface area contributed by atoms with Crippen LogP contribution in [0.1, 0.15) is 79.0 Å². The predicted octanol–water partition coefficient (Wildman–Crippen LogP) is 2.96. The van der Waals surface area contributed by atoms with Crippen LogP contribution in [0.15, 0.2) is 23.1 Å². The molecule has 2 aliphatic rings. The summed E-state index contributed by atoms with van der Waals surface area (Å²) >= 11 is -2.07. The fourth-order valence-corrected chi connectivity index (χ4v) is 5.60. The molecule has 0 unspecified atom stereocenters. The molecule has 1 aromatic carbocycles. The number of hydrogen-bond acceptors (Lipinski definition) is 5. The van der Waals surface area contributed by atoms with Gasteiger partial charge in [-0.05, 0) is 68.7 Å². The van der Waals surface area contributed by atoms with Gasteiger partial charge in [-0.3, -0.25) is 9.78 Å². The molecule has 0 fully saturated rings. The number of amides is 3. The van der Waals surface area contributed by atoms with E-state index in [4.69, 9.17) is 10.7 Å². The van der Waals surface area contributed by atoms with Crippen molar-refractivity contribution >= 4 is 29.0 Å². The zero-order chi connectivity index (χ0) is 24.1. The number of pyridine rings is 1. The maximum absolute atomic E-state index is 13.1. The minimum Gasteiger partial charge on any atom is -0.588 e. The molecule has 0 radical (unpaired) electrons. The number of aryl methyl sites for hydroxylation is 1.